The summed E-state index contributed by atoms with van der Waals surface area (Å²) >= 11 is 0. The molecule has 1 aliphatic heterocycles. The van der Waals surface area contributed by atoms with E-state index in [0.29, 0.717) is 12.8 Å². The molecule has 1 saturated heterocycles. The van der Waals surface area contributed by atoms with E-state index in [1.165, 1.54) is 0 Å². The zero-order chi connectivity index (χ0) is 26.0. The molecule has 7 N–H and O–H groups in total. The second-order valence-electron chi connectivity index (χ2n) is 10.9. The van der Waals surface area contributed by atoms with Crippen molar-refractivity contribution in [3.05, 3.63) is 23.3 Å². The van der Waals surface area contributed by atoms with Crippen LogP contribution in [0.25, 0.3) is 0 Å². The summed E-state index contributed by atoms with van der Waals surface area (Å²) in [6.07, 6.45) is -0.0814. The lowest BCUT2D eigenvalue weighted by Gasteiger charge is -2.61. The quantitative estimate of drug-likeness (QED) is 0.220. The van der Waals surface area contributed by atoms with E-state index in [4.69, 9.17) is 9.47 Å². The second-order valence-corrected chi connectivity index (χ2v) is 10.9. The lowest BCUT2D eigenvalue weighted by Crippen LogP contribution is -2.62. The van der Waals surface area contributed by atoms with Crippen LogP contribution in [0.1, 0.15) is 52.9 Å². The first kappa shape index (κ1) is 28.7. The molecule has 2 fully saturated rings. The number of fused-ring (bicyclic) bond motifs is 1. The molecule has 0 bridgehead atoms. The Bertz CT molecular complexity index is 768. The van der Waals surface area contributed by atoms with Gasteiger partial charge in [0.2, 0.25) is 0 Å². The number of hydrogen-bond donors (Lipinski definition) is 7. The Hall–Kier alpha value is -0.880. The Morgan fingerprint density at radius 1 is 1.14 bits per heavy atom. The third-order valence-corrected chi connectivity index (χ3v) is 9.26. The molecule has 0 radical (unpaired) electrons. The van der Waals surface area contributed by atoms with Gasteiger partial charge in [0, 0.05) is 5.41 Å². The van der Waals surface area contributed by atoms with Gasteiger partial charge in [-0.05, 0) is 61.9 Å². The Labute approximate surface area is 207 Å². The molecule has 0 aromatic carbocycles. The monoisotopic (exact) mass is 500 g/mol. The summed E-state index contributed by atoms with van der Waals surface area (Å²) in [4.78, 5) is 0. The van der Waals surface area contributed by atoms with Crippen LogP contribution in [-0.2, 0) is 9.47 Å². The fourth-order valence-electron chi connectivity index (χ4n) is 6.72. The summed E-state index contributed by atoms with van der Waals surface area (Å²) in [5, 5.41) is 70.7. The van der Waals surface area contributed by atoms with Crippen LogP contribution in [0.4, 0.5) is 0 Å². The standard InChI is InChI=1S/C26H44O9/c1-15-5-4-6-19-25(3,9-7-17(12-28)8-10-27)16(2)11-20(30)26(15,19)14-34-24-23(33)22(32)21(31)18(13-29)35-24/h5,8,16,18-24,27-33H,4,6-7,9-14H2,1-3H3/b17-8-/t16-,18-,19-,20+,21-,22+,23-,24+,25+,26+/m1/s1. The Morgan fingerprint density at radius 2 is 1.86 bits per heavy atom. The number of rotatable bonds is 9. The van der Waals surface area contributed by atoms with Gasteiger partial charge >= 0.3 is 0 Å². The number of aliphatic hydroxyl groups excluding tert-OH is 7. The van der Waals surface area contributed by atoms with E-state index in [9.17, 15) is 35.7 Å². The smallest absolute Gasteiger partial charge is 0.186 e. The molecule has 9 nitrogen and oxygen atoms in total. The SMILES string of the molecule is CC1=CCC[C@@H]2[C@@](C)(CC/C(=C/CO)CO)[C@H](C)C[C@H](O)[C@@]12CO[C@H]1O[C@H](CO)[C@@H](O)[C@H](O)[C@H]1O. The number of ether oxygens (including phenoxy) is 2. The highest BCUT2D eigenvalue weighted by atomic mass is 16.7. The first-order chi connectivity index (χ1) is 16.6. The van der Waals surface area contributed by atoms with Crippen molar-refractivity contribution >= 4 is 0 Å². The van der Waals surface area contributed by atoms with E-state index in [1.807, 2.05) is 6.92 Å². The Kier molecular flexibility index (Phi) is 9.56. The van der Waals surface area contributed by atoms with Gasteiger partial charge in [-0.3, -0.25) is 0 Å². The molecule has 202 valence electrons. The summed E-state index contributed by atoms with van der Waals surface area (Å²) in [7, 11) is 0. The van der Waals surface area contributed by atoms with E-state index >= 15 is 0 Å². The average Bonchev–Trinajstić information content (AvgIpc) is 2.84. The summed E-state index contributed by atoms with van der Waals surface area (Å²) in [5.74, 6) is 0.237. The van der Waals surface area contributed by atoms with Crippen LogP contribution >= 0.6 is 0 Å². The van der Waals surface area contributed by atoms with Crippen LogP contribution < -0.4 is 0 Å². The molecular weight excluding hydrogens is 456 g/mol. The summed E-state index contributed by atoms with van der Waals surface area (Å²) in [6, 6.07) is 0. The van der Waals surface area contributed by atoms with Crippen molar-refractivity contribution in [1.29, 1.82) is 0 Å². The summed E-state index contributed by atoms with van der Waals surface area (Å²) in [6.45, 7) is 5.64. The zero-order valence-electron chi connectivity index (χ0n) is 21.1. The van der Waals surface area contributed by atoms with E-state index < -0.39 is 48.8 Å². The maximum Gasteiger partial charge on any atom is 0.186 e. The number of hydrogen-bond acceptors (Lipinski definition) is 9. The van der Waals surface area contributed by atoms with Gasteiger partial charge in [0.1, 0.15) is 24.4 Å². The molecular formula is C26H44O9. The third-order valence-electron chi connectivity index (χ3n) is 9.26. The van der Waals surface area contributed by atoms with Gasteiger partial charge in [0.05, 0.1) is 32.5 Å². The van der Waals surface area contributed by atoms with Crippen LogP contribution in [-0.4, -0.2) is 99.0 Å². The van der Waals surface area contributed by atoms with Gasteiger partial charge in [0.25, 0.3) is 0 Å². The molecule has 35 heavy (non-hydrogen) atoms. The van der Waals surface area contributed by atoms with Crippen molar-refractivity contribution in [1.82, 2.24) is 0 Å². The minimum Gasteiger partial charge on any atom is -0.394 e. The normalized spacial score (nSPS) is 44.6. The largest absolute Gasteiger partial charge is 0.394 e. The second kappa shape index (κ2) is 11.7. The van der Waals surface area contributed by atoms with Crippen molar-refractivity contribution in [2.45, 2.75) is 89.7 Å². The fourth-order valence-corrected chi connectivity index (χ4v) is 6.72. The topological polar surface area (TPSA) is 160 Å². The molecule has 3 rings (SSSR count). The maximum absolute atomic E-state index is 11.5. The lowest BCUT2D eigenvalue weighted by atomic mass is 9.45. The number of aliphatic hydroxyl groups is 7. The van der Waals surface area contributed by atoms with E-state index in [1.54, 1.807) is 6.08 Å². The van der Waals surface area contributed by atoms with Crippen molar-refractivity contribution < 1.29 is 45.2 Å². The Balaban J connectivity index is 1.89. The van der Waals surface area contributed by atoms with Crippen molar-refractivity contribution in [3.63, 3.8) is 0 Å². The van der Waals surface area contributed by atoms with Crippen LogP contribution in [0, 0.1) is 22.7 Å². The zero-order valence-corrected chi connectivity index (χ0v) is 21.1. The van der Waals surface area contributed by atoms with E-state index in [0.717, 1.165) is 30.4 Å². The maximum atomic E-state index is 11.5. The molecule has 0 unspecified atom stereocenters. The van der Waals surface area contributed by atoms with Crippen LogP contribution in [0.15, 0.2) is 23.3 Å². The minimum atomic E-state index is -1.53. The molecule has 3 aliphatic rings. The van der Waals surface area contributed by atoms with Crippen molar-refractivity contribution in [2.75, 3.05) is 26.4 Å². The van der Waals surface area contributed by atoms with Crippen molar-refractivity contribution in [3.8, 4) is 0 Å². The van der Waals surface area contributed by atoms with Gasteiger partial charge in [-0.15, -0.1) is 0 Å². The summed E-state index contributed by atoms with van der Waals surface area (Å²) in [5.41, 5.74) is 0.866. The minimum absolute atomic E-state index is 0.0395. The highest BCUT2D eigenvalue weighted by Gasteiger charge is 2.60. The van der Waals surface area contributed by atoms with E-state index in [2.05, 4.69) is 19.9 Å². The predicted octanol–water partition coefficient (Wildman–Crippen LogP) is 0.244. The number of allylic oxidation sites excluding steroid dienone is 1. The first-order valence-electron chi connectivity index (χ1n) is 12.7. The van der Waals surface area contributed by atoms with Crippen molar-refractivity contribution in [2.24, 2.45) is 22.7 Å². The van der Waals surface area contributed by atoms with Crippen LogP contribution in [0.3, 0.4) is 0 Å². The Morgan fingerprint density at radius 3 is 2.49 bits per heavy atom. The summed E-state index contributed by atoms with van der Waals surface area (Å²) < 4.78 is 11.6. The molecule has 1 saturated carbocycles. The lowest BCUT2D eigenvalue weighted by molar-refractivity contribution is -0.312. The molecule has 2 aliphatic carbocycles. The highest BCUT2D eigenvalue weighted by molar-refractivity contribution is 5.25. The van der Waals surface area contributed by atoms with Gasteiger partial charge in [-0.2, -0.15) is 0 Å². The predicted molar refractivity (Wildman–Crippen MR) is 128 cm³/mol. The molecule has 0 aromatic heterocycles. The molecule has 9 heteroatoms. The molecule has 1 heterocycles. The first-order valence-corrected chi connectivity index (χ1v) is 12.7. The van der Waals surface area contributed by atoms with E-state index in [-0.39, 0.29) is 37.1 Å². The molecule has 0 amide bonds. The third kappa shape index (κ3) is 5.26. The van der Waals surface area contributed by atoms with Gasteiger partial charge in [-0.25, -0.2) is 0 Å². The fraction of sp³-hybridized carbons (Fsp3) is 0.846. The van der Waals surface area contributed by atoms with Crippen LogP contribution in [0.2, 0.25) is 0 Å². The average molecular weight is 501 g/mol. The molecule has 0 spiro atoms. The van der Waals surface area contributed by atoms with Crippen LogP contribution in [0.5, 0.6) is 0 Å². The van der Waals surface area contributed by atoms with Gasteiger partial charge in [0.15, 0.2) is 6.29 Å². The van der Waals surface area contributed by atoms with Gasteiger partial charge in [-0.1, -0.05) is 31.6 Å². The highest BCUT2D eigenvalue weighted by Crippen LogP contribution is 2.62. The molecule has 10 atom stereocenters. The molecule has 0 aromatic rings. The van der Waals surface area contributed by atoms with Gasteiger partial charge < -0.3 is 45.2 Å².